The molecule has 0 spiro atoms. The third-order valence-electron chi connectivity index (χ3n) is 4.23. The van der Waals surface area contributed by atoms with Crippen molar-refractivity contribution in [3.63, 3.8) is 0 Å². The minimum Gasteiger partial charge on any atom is -0.366 e. The number of piperidine rings is 1. The van der Waals surface area contributed by atoms with E-state index in [1.165, 1.54) is 6.42 Å². The second-order valence-electron chi connectivity index (χ2n) is 5.67. The fraction of sp³-hybridized carbons (Fsp3) is 0.533. The standard InChI is InChI=1S/C15H22ClN3O/c1-10-4-5-19(9-13(10)7-17)8-12-3-2-11(15(18)20)6-14(12)16/h2-3,6,10,13H,4-5,7-9,17H2,1H3,(H2,18,20). The summed E-state index contributed by atoms with van der Waals surface area (Å²) in [6.45, 7) is 5.85. The van der Waals surface area contributed by atoms with Crippen molar-refractivity contribution in [2.45, 2.75) is 19.9 Å². The van der Waals surface area contributed by atoms with E-state index in [0.717, 1.165) is 31.7 Å². The van der Waals surface area contributed by atoms with Crippen LogP contribution in [0.1, 0.15) is 29.3 Å². The second-order valence-corrected chi connectivity index (χ2v) is 6.07. The fourth-order valence-corrected chi connectivity index (χ4v) is 2.99. The van der Waals surface area contributed by atoms with Gasteiger partial charge in [0.05, 0.1) is 0 Å². The van der Waals surface area contributed by atoms with Crippen molar-refractivity contribution in [3.05, 3.63) is 34.3 Å². The van der Waals surface area contributed by atoms with E-state index in [4.69, 9.17) is 23.1 Å². The number of hydrogen-bond donors (Lipinski definition) is 2. The quantitative estimate of drug-likeness (QED) is 0.890. The molecule has 1 aliphatic rings. The highest BCUT2D eigenvalue weighted by atomic mass is 35.5. The number of carbonyl (C=O) groups is 1. The molecule has 1 aromatic carbocycles. The van der Waals surface area contributed by atoms with Gasteiger partial charge in [-0.3, -0.25) is 9.69 Å². The summed E-state index contributed by atoms with van der Waals surface area (Å²) in [6, 6.07) is 5.26. The molecule has 2 rings (SSSR count). The highest BCUT2D eigenvalue weighted by Crippen LogP contribution is 2.26. The fourth-order valence-electron chi connectivity index (χ4n) is 2.74. The van der Waals surface area contributed by atoms with E-state index in [2.05, 4.69) is 11.8 Å². The van der Waals surface area contributed by atoms with Gasteiger partial charge in [-0.2, -0.15) is 0 Å². The van der Waals surface area contributed by atoms with Gasteiger partial charge < -0.3 is 11.5 Å². The Morgan fingerprint density at radius 2 is 2.25 bits per heavy atom. The predicted molar refractivity (Wildman–Crippen MR) is 81.6 cm³/mol. The molecule has 0 saturated carbocycles. The van der Waals surface area contributed by atoms with Gasteiger partial charge in [0, 0.05) is 23.7 Å². The van der Waals surface area contributed by atoms with Crippen LogP contribution in [-0.4, -0.2) is 30.4 Å². The first-order valence-electron chi connectivity index (χ1n) is 7.02. The Labute approximate surface area is 125 Å². The van der Waals surface area contributed by atoms with Crippen LogP contribution in [0.2, 0.25) is 5.02 Å². The second kappa shape index (κ2) is 6.57. The van der Waals surface area contributed by atoms with Gasteiger partial charge >= 0.3 is 0 Å². The van der Waals surface area contributed by atoms with Crippen LogP contribution in [0.4, 0.5) is 0 Å². The number of amides is 1. The first kappa shape index (κ1) is 15.3. The molecule has 5 heteroatoms. The third-order valence-corrected chi connectivity index (χ3v) is 4.58. The molecule has 2 unspecified atom stereocenters. The number of rotatable bonds is 4. The van der Waals surface area contributed by atoms with Gasteiger partial charge in [-0.05, 0) is 49.0 Å². The van der Waals surface area contributed by atoms with Crippen molar-refractivity contribution < 1.29 is 4.79 Å². The molecule has 1 amide bonds. The van der Waals surface area contributed by atoms with Crippen molar-refractivity contribution in [2.75, 3.05) is 19.6 Å². The van der Waals surface area contributed by atoms with Crippen LogP contribution < -0.4 is 11.5 Å². The molecule has 1 heterocycles. The summed E-state index contributed by atoms with van der Waals surface area (Å²) in [6.07, 6.45) is 1.17. The Morgan fingerprint density at radius 3 is 2.85 bits per heavy atom. The van der Waals surface area contributed by atoms with Gasteiger partial charge in [0.15, 0.2) is 0 Å². The maximum absolute atomic E-state index is 11.1. The lowest BCUT2D eigenvalue weighted by Gasteiger charge is -2.36. The average molecular weight is 296 g/mol. The van der Waals surface area contributed by atoms with Crippen molar-refractivity contribution in [1.29, 1.82) is 0 Å². The zero-order valence-corrected chi connectivity index (χ0v) is 12.6. The van der Waals surface area contributed by atoms with Crippen LogP contribution >= 0.6 is 11.6 Å². The molecule has 1 aromatic rings. The van der Waals surface area contributed by atoms with E-state index < -0.39 is 5.91 Å². The molecule has 20 heavy (non-hydrogen) atoms. The molecule has 4 nitrogen and oxygen atoms in total. The van der Waals surface area contributed by atoms with Gasteiger partial charge in [-0.25, -0.2) is 0 Å². The maximum Gasteiger partial charge on any atom is 0.248 e. The van der Waals surface area contributed by atoms with Gasteiger partial charge in [0.2, 0.25) is 5.91 Å². The summed E-state index contributed by atoms with van der Waals surface area (Å²) in [5.74, 6) is 0.782. The summed E-state index contributed by atoms with van der Waals surface area (Å²) in [7, 11) is 0. The molecule has 1 saturated heterocycles. The molecule has 0 aromatic heterocycles. The normalized spacial score (nSPS) is 23.8. The highest BCUT2D eigenvalue weighted by molar-refractivity contribution is 6.31. The first-order valence-corrected chi connectivity index (χ1v) is 7.39. The van der Waals surface area contributed by atoms with Crippen molar-refractivity contribution in [2.24, 2.45) is 23.3 Å². The number of benzene rings is 1. The monoisotopic (exact) mass is 295 g/mol. The minimum atomic E-state index is -0.451. The van der Waals surface area contributed by atoms with E-state index in [-0.39, 0.29) is 0 Å². The van der Waals surface area contributed by atoms with Gasteiger partial charge in [0.1, 0.15) is 0 Å². The highest BCUT2D eigenvalue weighted by Gasteiger charge is 2.25. The summed E-state index contributed by atoms with van der Waals surface area (Å²) >= 11 is 6.23. The van der Waals surface area contributed by atoms with Crippen LogP contribution in [0.15, 0.2) is 18.2 Å². The molecule has 0 aliphatic carbocycles. The Balaban J connectivity index is 2.05. The SMILES string of the molecule is CC1CCN(Cc2ccc(C(N)=O)cc2Cl)CC1CN. The number of hydrogen-bond acceptors (Lipinski definition) is 3. The average Bonchev–Trinajstić information content (AvgIpc) is 2.42. The van der Waals surface area contributed by atoms with Gasteiger partial charge in [-0.15, -0.1) is 0 Å². The van der Waals surface area contributed by atoms with Crippen LogP contribution in [0.5, 0.6) is 0 Å². The lowest BCUT2D eigenvalue weighted by molar-refractivity contribution is 0.1000. The minimum absolute atomic E-state index is 0.450. The zero-order chi connectivity index (χ0) is 14.7. The van der Waals surface area contributed by atoms with Crippen molar-refractivity contribution in [1.82, 2.24) is 4.90 Å². The van der Waals surface area contributed by atoms with E-state index >= 15 is 0 Å². The number of carbonyl (C=O) groups excluding carboxylic acids is 1. The number of halogens is 1. The van der Waals surface area contributed by atoms with Crippen LogP contribution in [-0.2, 0) is 6.54 Å². The summed E-state index contributed by atoms with van der Waals surface area (Å²) in [4.78, 5) is 13.5. The third kappa shape index (κ3) is 3.51. The number of nitrogens with two attached hydrogens (primary N) is 2. The number of primary amides is 1. The van der Waals surface area contributed by atoms with Crippen molar-refractivity contribution in [3.8, 4) is 0 Å². The molecule has 1 fully saturated rings. The molecule has 4 N–H and O–H groups in total. The number of likely N-dealkylation sites (tertiary alicyclic amines) is 1. The van der Waals surface area contributed by atoms with E-state index in [9.17, 15) is 4.79 Å². The Bertz CT molecular complexity index is 492. The Hall–Kier alpha value is -1.10. The number of nitrogens with zero attached hydrogens (tertiary/aromatic N) is 1. The van der Waals surface area contributed by atoms with Gasteiger partial charge in [-0.1, -0.05) is 24.6 Å². The first-order chi connectivity index (χ1) is 9.51. The summed E-state index contributed by atoms with van der Waals surface area (Å²) in [5, 5.41) is 0.601. The maximum atomic E-state index is 11.1. The molecule has 2 atom stereocenters. The summed E-state index contributed by atoms with van der Waals surface area (Å²) < 4.78 is 0. The van der Waals surface area contributed by atoms with Crippen LogP contribution in [0.3, 0.4) is 0 Å². The Kier molecular flexibility index (Phi) is 5.02. The zero-order valence-electron chi connectivity index (χ0n) is 11.8. The molecular formula is C15H22ClN3O. The van der Waals surface area contributed by atoms with E-state index in [1.807, 2.05) is 6.07 Å². The van der Waals surface area contributed by atoms with Crippen molar-refractivity contribution >= 4 is 17.5 Å². The predicted octanol–water partition coefficient (Wildman–Crippen LogP) is 1.86. The van der Waals surface area contributed by atoms with Crippen LogP contribution in [0.25, 0.3) is 0 Å². The molecule has 0 radical (unpaired) electrons. The van der Waals surface area contributed by atoms with Crippen LogP contribution in [0, 0.1) is 11.8 Å². The molecule has 0 bridgehead atoms. The lowest BCUT2D eigenvalue weighted by Crippen LogP contribution is -2.42. The lowest BCUT2D eigenvalue weighted by atomic mass is 9.87. The topological polar surface area (TPSA) is 72.3 Å². The van der Waals surface area contributed by atoms with Gasteiger partial charge in [0.25, 0.3) is 0 Å². The molecular weight excluding hydrogens is 274 g/mol. The largest absolute Gasteiger partial charge is 0.366 e. The summed E-state index contributed by atoms with van der Waals surface area (Å²) in [5.41, 5.74) is 12.6. The molecule has 1 aliphatic heterocycles. The molecule has 110 valence electrons. The van der Waals surface area contributed by atoms with E-state index in [1.54, 1.807) is 12.1 Å². The Morgan fingerprint density at radius 1 is 1.50 bits per heavy atom. The smallest absolute Gasteiger partial charge is 0.248 e. The van der Waals surface area contributed by atoms with E-state index in [0.29, 0.717) is 22.4 Å².